The number of hydrogen-bond donors (Lipinski definition) is 1. The quantitative estimate of drug-likeness (QED) is 0.711. The number of hydrogen-bond acceptors (Lipinski definition) is 4. The van der Waals surface area contributed by atoms with Gasteiger partial charge in [0.2, 0.25) is 10.0 Å². The van der Waals surface area contributed by atoms with Crippen LogP contribution in [0, 0.1) is 11.8 Å². The van der Waals surface area contributed by atoms with Crippen LogP contribution < -0.4 is 5.32 Å². The summed E-state index contributed by atoms with van der Waals surface area (Å²) < 4.78 is 27.2. The molecule has 2 aliphatic heterocycles. The summed E-state index contributed by atoms with van der Waals surface area (Å²) in [6, 6.07) is 4.38. The molecule has 1 N–H and O–H groups in total. The first-order valence-electron chi connectivity index (χ1n) is 10.8. The summed E-state index contributed by atoms with van der Waals surface area (Å²) in [5.41, 5.74) is -0.00209. The lowest BCUT2D eigenvalue weighted by atomic mass is 9.88. The largest absolute Gasteiger partial charge is 0.350 e. The molecular formula is C22H34ClN3O3S. The van der Waals surface area contributed by atoms with Crippen molar-refractivity contribution in [1.29, 1.82) is 0 Å². The van der Waals surface area contributed by atoms with Crippen LogP contribution in [0.5, 0.6) is 0 Å². The van der Waals surface area contributed by atoms with Gasteiger partial charge < -0.3 is 5.32 Å². The minimum Gasteiger partial charge on any atom is -0.350 e. The standard InChI is InChI=1S/C22H34ClN3O3S/c1-16-11-17(2)14-25(13-16)22(3,4)15-24-21(27)19-12-18(7-8-20(19)23)30(28,29)26-9-5-6-10-26/h7-8,12,16-17H,5-6,9-11,13-15H2,1-4H3,(H,24,27). The average Bonchev–Trinajstić information content (AvgIpc) is 3.21. The molecule has 2 saturated heterocycles. The van der Waals surface area contributed by atoms with Crippen molar-refractivity contribution in [2.45, 2.75) is 57.4 Å². The third-order valence-corrected chi connectivity index (χ3v) is 8.52. The highest BCUT2D eigenvalue weighted by Crippen LogP contribution is 2.28. The first-order valence-corrected chi connectivity index (χ1v) is 12.7. The van der Waals surface area contributed by atoms with Crippen molar-refractivity contribution in [2.75, 3.05) is 32.7 Å². The molecular weight excluding hydrogens is 422 g/mol. The highest BCUT2D eigenvalue weighted by molar-refractivity contribution is 7.89. The fraction of sp³-hybridized carbons (Fsp3) is 0.682. The van der Waals surface area contributed by atoms with Crippen LogP contribution in [0.25, 0.3) is 0 Å². The number of piperidine rings is 1. The molecule has 2 unspecified atom stereocenters. The Morgan fingerprint density at radius 3 is 2.37 bits per heavy atom. The summed E-state index contributed by atoms with van der Waals surface area (Å²) in [7, 11) is -3.60. The number of nitrogens with one attached hydrogen (secondary N) is 1. The molecule has 0 bridgehead atoms. The average molecular weight is 456 g/mol. The molecule has 8 heteroatoms. The molecule has 3 rings (SSSR count). The van der Waals surface area contributed by atoms with Crippen molar-refractivity contribution in [3.8, 4) is 0 Å². The maximum atomic E-state index is 12.9. The second-order valence-corrected chi connectivity index (χ2v) is 11.9. The van der Waals surface area contributed by atoms with E-state index in [1.165, 1.54) is 28.9 Å². The summed E-state index contributed by atoms with van der Waals surface area (Å²) in [4.78, 5) is 15.5. The molecule has 6 nitrogen and oxygen atoms in total. The number of amides is 1. The number of carbonyl (C=O) groups excluding carboxylic acids is 1. The summed E-state index contributed by atoms with van der Waals surface area (Å²) >= 11 is 6.26. The minimum atomic E-state index is -3.60. The van der Waals surface area contributed by atoms with E-state index in [1.807, 2.05) is 0 Å². The maximum absolute atomic E-state index is 12.9. The van der Waals surface area contributed by atoms with Gasteiger partial charge in [0.25, 0.3) is 5.91 Å². The van der Waals surface area contributed by atoms with Crippen LogP contribution in [-0.4, -0.2) is 61.8 Å². The van der Waals surface area contributed by atoms with E-state index < -0.39 is 10.0 Å². The molecule has 1 aromatic carbocycles. The smallest absolute Gasteiger partial charge is 0.252 e. The molecule has 0 aliphatic carbocycles. The SMILES string of the molecule is CC1CC(C)CN(C(C)(C)CNC(=O)c2cc(S(=O)(=O)N3CCCC3)ccc2Cl)C1. The predicted octanol–water partition coefficient (Wildman–Crippen LogP) is 3.61. The van der Waals surface area contributed by atoms with Gasteiger partial charge in [0, 0.05) is 38.3 Å². The van der Waals surface area contributed by atoms with E-state index in [0.717, 1.165) is 25.9 Å². The maximum Gasteiger partial charge on any atom is 0.252 e. The first-order chi connectivity index (χ1) is 14.0. The fourth-order valence-electron chi connectivity index (χ4n) is 4.58. The van der Waals surface area contributed by atoms with Gasteiger partial charge in [-0.1, -0.05) is 25.4 Å². The third kappa shape index (κ3) is 5.18. The van der Waals surface area contributed by atoms with Gasteiger partial charge in [0.15, 0.2) is 0 Å². The van der Waals surface area contributed by atoms with Gasteiger partial charge in [-0.2, -0.15) is 4.31 Å². The monoisotopic (exact) mass is 455 g/mol. The van der Waals surface area contributed by atoms with E-state index in [4.69, 9.17) is 11.6 Å². The van der Waals surface area contributed by atoms with Crippen molar-refractivity contribution in [3.63, 3.8) is 0 Å². The molecule has 1 aromatic rings. The molecule has 0 aromatic heterocycles. The number of benzene rings is 1. The van der Waals surface area contributed by atoms with Crippen LogP contribution in [-0.2, 0) is 10.0 Å². The van der Waals surface area contributed by atoms with Gasteiger partial charge in [0.1, 0.15) is 0 Å². The number of nitrogens with zero attached hydrogens (tertiary/aromatic N) is 2. The molecule has 0 saturated carbocycles. The van der Waals surface area contributed by atoms with Crippen LogP contribution in [0.2, 0.25) is 5.02 Å². The van der Waals surface area contributed by atoms with Gasteiger partial charge >= 0.3 is 0 Å². The van der Waals surface area contributed by atoms with E-state index in [2.05, 4.69) is 37.9 Å². The highest BCUT2D eigenvalue weighted by Gasteiger charge is 2.33. The Hall–Kier alpha value is -1.15. The zero-order valence-electron chi connectivity index (χ0n) is 18.4. The van der Waals surface area contributed by atoms with Crippen LogP contribution in [0.3, 0.4) is 0 Å². The molecule has 2 heterocycles. The number of carbonyl (C=O) groups is 1. The van der Waals surface area contributed by atoms with Crippen LogP contribution >= 0.6 is 11.6 Å². The third-order valence-electron chi connectivity index (χ3n) is 6.29. The molecule has 2 atom stereocenters. The molecule has 2 aliphatic rings. The molecule has 168 valence electrons. The predicted molar refractivity (Wildman–Crippen MR) is 120 cm³/mol. The second kappa shape index (κ2) is 9.15. The number of sulfonamides is 1. The summed E-state index contributed by atoms with van der Waals surface area (Å²) in [5, 5.41) is 3.24. The number of likely N-dealkylation sites (tertiary alicyclic amines) is 1. The summed E-state index contributed by atoms with van der Waals surface area (Å²) in [6.07, 6.45) is 2.96. The van der Waals surface area contributed by atoms with E-state index in [-0.39, 0.29) is 26.9 Å². The Balaban J connectivity index is 1.72. The lowest BCUT2D eigenvalue weighted by molar-refractivity contribution is 0.0445. The molecule has 1 amide bonds. The van der Waals surface area contributed by atoms with Crippen molar-refractivity contribution in [1.82, 2.24) is 14.5 Å². The Labute approximate surface area is 186 Å². The first kappa shape index (κ1) is 23.5. The second-order valence-electron chi connectivity index (χ2n) is 9.60. The Morgan fingerprint density at radius 1 is 1.17 bits per heavy atom. The van der Waals surface area contributed by atoms with E-state index in [1.54, 1.807) is 0 Å². The van der Waals surface area contributed by atoms with Crippen LogP contribution in [0.1, 0.15) is 57.3 Å². The molecule has 0 radical (unpaired) electrons. The summed E-state index contributed by atoms with van der Waals surface area (Å²) in [5.74, 6) is 0.918. The van der Waals surface area contributed by atoms with Gasteiger partial charge in [-0.3, -0.25) is 9.69 Å². The van der Waals surface area contributed by atoms with Crippen molar-refractivity contribution < 1.29 is 13.2 Å². The van der Waals surface area contributed by atoms with Gasteiger partial charge in [-0.15, -0.1) is 0 Å². The number of halogens is 1. The minimum absolute atomic E-state index is 0.122. The van der Waals surface area contributed by atoms with Crippen LogP contribution in [0.4, 0.5) is 0 Å². The van der Waals surface area contributed by atoms with Crippen molar-refractivity contribution >= 4 is 27.5 Å². The lowest BCUT2D eigenvalue weighted by Crippen LogP contribution is -2.56. The lowest BCUT2D eigenvalue weighted by Gasteiger charge is -2.45. The van der Waals surface area contributed by atoms with E-state index in [9.17, 15) is 13.2 Å². The van der Waals surface area contributed by atoms with Gasteiger partial charge in [-0.05, 0) is 63.1 Å². The normalized spacial score (nSPS) is 24.2. The van der Waals surface area contributed by atoms with Crippen molar-refractivity contribution in [3.05, 3.63) is 28.8 Å². The zero-order valence-corrected chi connectivity index (χ0v) is 20.0. The molecule has 2 fully saturated rings. The van der Waals surface area contributed by atoms with E-state index in [0.29, 0.717) is 31.5 Å². The Morgan fingerprint density at radius 2 is 1.77 bits per heavy atom. The zero-order chi connectivity index (χ0) is 22.1. The summed E-state index contributed by atoms with van der Waals surface area (Å²) in [6.45, 7) is 12.3. The topological polar surface area (TPSA) is 69.7 Å². The van der Waals surface area contributed by atoms with Gasteiger partial charge in [-0.25, -0.2) is 8.42 Å². The van der Waals surface area contributed by atoms with Gasteiger partial charge in [0.05, 0.1) is 15.5 Å². The fourth-order valence-corrected chi connectivity index (χ4v) is 6.32. The van der Waals surface area contributed by atoms with Crippen molar-refractivity contribution in [2.24, 2.45) is 11.8 Å². The highest BCUT2D eigenvalue weighted by atomic mass is 35.5. The molecule has 30 heavy (non-hydrogen) atoms. The van der Waals surface area contributed by atoms with E-state index >= 15 is 0 Å². The van der Waals surface area contributed by atoms with Crippen LogP contribution in [0.15, 0.2) is 23.1 Å². The Bertz CT molecular complexity index is 872. The Kier molecular flexibility index (Phi) is 7.17. The number of rotatable bonds is 6. The molecule has 0 spiro atoms.